The number of benzene rings is 1. The third kappa shape index (κ3) is 3.59. The zero-order valence-corrected chi connectivity index (χ0v) is 11.2. The van der Waals surface area contributed by atoms with E-state index in [0.29, 0.717) is 5.52 Å². The van der Waals surface area contributed by atoms with Crippen molar-refractivity contribution in [3.05, 3.63) is 35.5 Å². The smallest absolute Gasteiger partial charge is 0.215 e. The standard InChI is InChI=1S/C14H21N3O2S/c1-15-20(18,19)10-11-4-5-14-13(8-11)12(9-16-14)6-7-17(2)3/h4-5,8-9,15-16H,6-7,10H2,1-3H3/i1D3,2D3,3D3,6D2. The van der Waals surface area contributed by atoms with Crippen molar-refractivity contribution >= 4 is 20.9 Å². The highest BCUT2D eigenvalue weighted by atomic mass is 32.2. The van der Waals surface area contributed by atoms with Gasteiger partial charge in [-0.1, -0.05) is 6.07 Å². The van der Waals surface area contributed by atoms with E-state index in [0.717, 1.165) is 0 Å². The fourth-order valence-corrected chi connectivity index (χ4v) is 2.51. The van der Waals surface area contributed by atoms with Crippen LogP contribution in [-0.2, 0) is 22.1 Å². The summed E-state index contributed by atoms with van der Waals surface area (Å²) >= 11 is 0. The van der Waals surface area contributed by atoms with Gasteiger partial charge in [-0.05, 0) is 50.6 Å². The van der Waals surface area contributed by atoms with Crippen molar-refractivity contribution in [2.75, 3.05) is 27.5 Å². The fraction of sp³-hybridized carbons (Fsp3) is 0.429. The second kappa shape index (κ2) is 5.95. The zero-order valence-electron chi connectivity index (χ0n) is 21.4. The molecule has 0 spiro atoms. The highest BCUT2D eigenvalue weighted by Crippen LogP contribution is 2.21. The van der Waals surface area contributed by atoms with E-state index in [1.54, 1.807) is 4.72 Å². The summed E-state index contributed by atoms with van der Waals surface area (Å²) in [4.78, 5) is 2.88. The van der Waals surface area contributed by atoms with Crippen molar-refractivity contribution in [1.82, 2.24) is 14.6 Å². The van der Waals surface area contributed by atoms with Crippen LogP contribution in [0.15, 0.2) is 24.4 Å². The van der Waals surface area contributed by atoms with Crippen LogP contribution in [0.3, 0.4) is 0 Å². The average Bonchev–Trinajstić information content (AvgIpc) is 2.91. The predicted octanol–water partition coefficient (Wildman–Crippen LogP) is 1.32. The van der Waals surface area contributed by atoms with E-state index in [2.05, 4.69) is 4.98 Å². The molecule has 2 N–H and O–H groups in total. The van der Waals surface area contributed by atoms with Gasteiger partial charge in [0, 0.05) is 38.7 Å². The normalized spacial score (nSPS) is 23.1. The molecule has 0 radical (unpaired) electrons. The van der Waals surface area contributed by atoms with Gasteiger partial charge in [-0.3, -0.25) is 0 Å². The summed E-state index contributed by atoms with van der Waals surface area (Å²) in [7, 11) is -4.22. The van der Waals surface area contributed by atoms with Crippen LogP contribution in [0.2, 0.25) is 0 Å². The number of H-pyrrole nitrogens is 1. The first-order valence-electron chi connectivity index (χ1n) is 11.1. The molecule has 6 heteroatoms. The van der Waals surface area contributed by atoms with Crippen LogP contribution in [0.5, 0.6) is 0 Å². The Bertz CT molecular complexity index is 1020. The Kier molecular flexibility index (Phi) is 1.84. The monoisotopic (exact) mass is 306 g/mol. The van der Waals surface area contributed by atoms with Gasteiger partial charge in [0.15, 0.2) is 0 Å². The first kappa shape index (κ1) is 6.17. The highest BCUT2D eigenvalue weighted by Gasteiger charge is 2.11. The summed E-state index contributed by atoms with van der Waals surface area (Å²) in [6.07, 6.45) is -1.18. The molecule has 5 nitrogen and oxygen atoms in total. The van der Waals surface area contributed by atoms with E-state index in [-0.39, 0.29) is 21.4 Å². The summed E-state index contributed by atoms with van der Waals surface area (Å²) in [5.74, 6) is -0.689. The van der Waals surface area contributed by atoms with E-state index < -0.39 is 49.6 Å². The molecule has 1 aromatic carbocycles. The van der Waals surface area contributed by atoms with E-state index in [1.807, 2.05) is 0 Å². The fourth-order valence-electron chi connectivity index (χ4n) is 1.82. The molecular formula is C14H21N3O2S. The molecule has 0 aliphatic heterocycles. The second-order valence-corrected chi connectivity index (χ2v) is 5.93. The molecule has 1 aromatic heterocycles. The molecular weight excluding hydrogens is 274 g/mol. The molecule has 1 heterocycles. The van der Waals surface area contributed by atoms with Gasteiger partial charge in [-0.25, -0.2) is 13.1 Å². The Labute approximate surface area is 135 Å². The Morgan fingerprint density at radius 2 is 2.30 bits per heavy atom. The van der Waals surface area contributed by atoms with Gasteiger partial charge >= 0.3 is 0 Å². The minimum atomic E-state index is -4.22. The third-order valence-corrected chi connectivity index (χ3v) is 3.71. The molecule has 0 saturated heterocycles. The molecule has 0 saturated carbocycles. The van der Waals surface area contributed by atoms with Crippen LogP contribution < -0.4 is 4.72 Å². The molecule has 110 valence electrons. The van der Waals surface area contributed by atoms with Gasteiger partial charge in [0.25, 0.3) is 0 Å². The van der Waals surface area contributed by atoms with Crippen molar-refractivity contribution in [3.8, 4) is 0 Å². The molecule has 0 fully saturated rings. The van der Waals surface area contributed by atoms with Crippen molar-refractivity contribution in [2.24, 2.45) is 0 Å². The van der Waals surface area contributed by atoms with E-state index in [9.17, 15) is 8.42 Å². The number of aromatic nitrogens is 1. The van der Waals surface area contributed by atoms with E-state index in [1.165, 1.54) is 24.4 Å². The SMILES string of the molecule is [2H]C([2H])([2H])NS(=O)(=O)Cc1ccc2[nH]cc(C([2H])([2H])CN(C([2H])([2H])[2H])C([2H])([2H])[2H])c2c1. The molecule has 0 atom stereocenters. The van der Waals surface area contributed by atoms with Crippen molar-refractivity contribution in [2.45, 2.75) is 12.1 Å². The number of likely N-dealkylation sites (N-methyl/N-ethyl adjacent to an activating group) is 1. The number of nitrogens with one attached hydrogen (secondary N) is 2. The summed E-state index contributed by atoms with van der Waals surface area (Å²) in [5, 5.41) is 0.211. The van der Waals surface area contributed by atoms with E-state index in [4.69, 9.17) is 15.1 Å². The maximum absolute atomic E-state index is 12.1. The number of hydrogen-bond acceptors (Lipinski definition) is 3. The lowest BCUT2D eigenvalue weighted by molar-refractivity contribution is 0.414. The number of fused-ring (bicyclic) bond motifs is 1. The van der Waals surface area contributed by atoms with Gasteiger partial charge in [0.05, 0.1) is 5.75 Å². The lowest BCUT2D eigenvalue weighted by atomic mass is 10.1. The van der Waals surface area contributed by atoms with Crippen LogP contribution in [-0.4, -0.2) is 45.8 Å². The summed E-state index contributed by atoms with van der Waals surface area (Å²) in [6.45, 7) is -10.0. The van der Waals surface area contributed by atoms with Gasteiger partial charge in [0.2, 0.25) is 10.0 Å². The zero-order chi connectivity index (χ0) is 24.0. The van der Waals surface area contributed by atoms with Gasteiger partial charge in [-0.2, -0.15) is 0 Å². The lowest BCUT2D eigenvalue weighted by Gasteiger charge is -2.08. The van der Waals surface area contributed by atoms with Crippen LogP contribution in [0.25, 0.3) is 10.9 Å². The Hall–Kier alpha value is -1.37. The number of aromatic amines is 1. The Morgan fingerprint density at radius 3 is 3.05 bits per heavy atom. The first-order chi connectivity index (χ1) is 13.7. The molecule has 20 heavy (non-hydrogen) atoms. The molecule has 0 bridgehead atoms. The summed E-state index contributed by atoms with van der Waals surface area (Å²) < 4.78 is 108. The van der Waals surface area contributed by atoms with Crippen molar-refractivity contribution in [1.29, 1.82) is 0 Å². The molecule has 0 aliphatic rings. The number of rotatable bonds is 6. The lowest BCUT2D eigenvalue weighted by Crippen LogP contribution is -2.20. The topological polar surface area (TPSA) is 65.2 Å². The molecule has 2 aromatic rings. The highest BCUT2D eigenvalue weighted by molar-refractivity contribution is 7.88. The number of hydrogen-bond donors (Lipinski definition) is 2. The predicted molar refractivity (Wildman–Crippen MR) is 82.2 cm³/mol. The maximum atomic E-state index is 12.1. The summed E-state index contributed by atoms with van der Waals surface area (Å²) in [5.41, 5.74) is 0.492. The Morgan fingerprint density at radius 1 is 1.45 bits per heavy atom. The quantitative estimate of drug-likeness (QED) is 0.846. The van der Waals surface area contributed by atoms with Gasteiger partial charge in [0.1, 0.15) is 0 Å². The second-order valence-electron chi connectivity index (χ2n) is 4.21. The number of sulfonamides is 1. The third-order valence-electron chi connectivity index (χ3n) is 2.69. The van der Waals surface area contributed by atoms with Crippen LogP contribution in [0, 0.1) is 0 Å². The van der Waals surface area contributed by atoms with Crippen molar-refractivity contribution < 1.29 is 23.5 Å². The molecule has 0 aliphatic carbocycles. The van der Waals surface area contributed by atoms with Crippen LogP contribution >= 0.6 is 0 Å². The van der Waals surface area contributed by atoms with Crippen molar-refractivity contribution in [3.63, 3.8) is 0 Å². The van der Waals surface area contributed by atoms with Gasteiger partial charge < -0.3 is 9.88 Å². The largest absolute Gasteiger partial charge is 0.361 e. The molecule has 2 rings (SSSR count). The average molecular weight is 306 g/mol. The number of nitrogens with zero attached hydrogens (tertiary/aromatic N) is 1. The van der Waals surface area contributed by atoms with E-state index >= 15 is 0 Å². The summed E-state index contributed by atoms with van der Waals surface area (Å²) in [6, 6.07) is 4.20. The minimum absolute atomic E-state index is 0.0657. The molecule has 0 amide bonds. The van der Waals surface area contributed by atoms with Gasteiger partial charge in [-0.15, -0.1) is 0 Å². The maximum Gasteiger partial charge on any atom is 0.215 e. The van der Waals surface area contributed by atoms with Crippen LogP contribution in [0.1, 0.15) is 26.2 Å². The Balaban J connectivity index is 2.43. The minimum Gasteiger partial charge on any atom is -0.361 e. The first-order valence-corrected chi connectivity index (χ1v) is 7.26. The van der Waals surface area contributed by atoms with Crippen LogP contribution in [0.4, 0.5) is 0 Å². The molecule has 0 unspecified atom stereocenters.